The second-order valence-corrected chi connectivity index (χ2v) is 8.45. The van der Waals surface area contributed by atoms with Gasteiger partial charge in [-0.15, -0.1) is 11.3 Å². The highest BCUT2D eigenvalue weighted by Crippen LogP contribution is 2.29. The second-order valence-electron chi connectivity index (χ2n) is 7.47. The molecule has 3 rings (SSSR count). The number of hydrogen-bond donors (Lipinski definition) is 2. The van der Waals surface area contributed by atoms with Crippen molar-refractivity contribution in [1.29, 1.82) is 0 Å². The molecule has 2 aromatic heterocycles. The van der Waals surface area contributed by atoms with Crippen molar-refractivity contribution in [3.05, 3.63) is 52.5 Å². The van der Waals surface area contributed by atoms with Gasteiger partial charge in [-0.05, 0) is 62.4 Å². The van der Waals surface area contributed by atoms with E-state index in [1.807, 2.05) is 29.7 Å². The molecule has 1 fully saturated rings. The van der Waals surface area contributed by atoms with E-state index >= 15 is 0 Å². The maximum absolute atomic E-state index is 4.93. The van der Waals surface area contributed by atoms with Gasteiger partial charge in [-0.1, -0.05) is 19.1 Å². The standard InChI is InChI=1S/C22H33N5S/c1-3-23-22(25-13-9-19-7-4-5-12-24-19)26-17-20(21-8-6-16-28-21)27-14-10-18(2)11-15-27/h4-8,12,16,18,20H,3,9-11,13-15,17H2,1-2H3,(H2,23,25,26). The Morgan fingerprint density at radius 3 is 2.79 bits per heavy atom. The van der Waals surface area contributed by atoms with Crippen LogP contribution in [0, 0.1) is 5.92 Å². The summed E-state index contributed by atoms with van der Waals surface area (Å²) < 4.78 is 0. The van der Waals surface area contributed by atoms with Gasteiger partial charge in [0.2, 0.25) is 0 Å². The summed E-state index contributed by atoms with van der Waals surface area (Å²) in [6.07, 6.45) is 5.31. The molecule has 1 saturated heterocycles. The first-order chi connectivity index (χ1) is 13.8. The van der Waals surface area contributed by atoms with E-state index in [2.05, 4.69) is 57.9 Å². The first-order valence-corrected chi connectivity index (χ1v) is 11.3. The van der Waals surface area contributed by atoms with Gasteiger partial charge >= 0.3 is 0 Å². The molecule has 1 unspecified atom stereocenters. The molecule has 1 aliphatic heterocycles. The monoisotopic (exact) mass is 399 g/mol. The summed E-state index contributed by atoms with van der Waals surface area (Å²) >= 11 is 1.85. The van der Waals surface area contributed by atoms with Crippen molar-refractivity contribution in [2.45, 2.75) is 39.2 Å². The van der Waals surface area contributed by atoms with Gasteiger partial charge in [-0.2, -0.15) is 0 Å². The fraction of sp³-hybridized carbons (Fsp3) is 0.545. The highest BCUT2D eigenvalue weighted by molar-refractivity contribution is 7.10. The largest absolute Gasteiger partial charge is 0.357 e. The van der Waals surface area contributed by atoms with Crippen molar-refractivity contribution < 1.29 is 0 Å². The molecule has 2 aromatic rings. The van der Waals surface area contributed by atoms with Crippen LogP contribution in [0.3, 0.4) is 0 Å². The van der Waals surface area contributed by atoms with E-state index in [-0.39, 0.29) is 0 Å². The number of rotatable bonds is 8. The summed E-state index contributed by atoms with van der Waals surface area (Å²) in [5.41, 5.74) is 1.10. The van der Waals surface area contributed by atoms with Crippen LogP contribution in [0.25, 0.3) is 0 Å². The summed E-state index contributed by atoms with van der Waals surface area (Å²) in [4.78, 5) is 13.4. The zero-order chi connectivity index (χ0) is 19.6. The Labute approximate surface area is 173 Å². The molecule has 2 N–H and O–H groups in total. The van der Waals surface area contributed by atoms with Gasteiger partial charge in [0.1, 0.15) is 0 Å². The molecular weight excluding hydrogens is 366 g/mol. The van der Waals surface area contributed by atoms with Gasteiger partial charge in [0, 0.05) is 36.3 Å². The lowest BCUT2D eigenvalue weighted by Gasteiger charge is -2.35. The van der Waals surface area contributed by atoms with Gasteiger partial charge < -0.3 is 10.6 Å². The Morgan fingerprint density at radius 1 is 1.25 bits per heavy atom. The smallest absolute Gasteiger partial charge is 0.191 e. The fourth-order valence-corrected chi connectivity index (χ4v) is 4.43. The number of pyridine rings is 1. The van der Waals surface area contributed by atoms with Gasteiger partial charge in [-0.25, -0.2) is 0 Å². The Hall–Kier alpha value is -1.92. The lowest BCUT2D eigenvalue weighted by Crippen LogP contribution is -2.40. The molecule has 152 valence electrons. The fourth-order valence-electron chi connectivity index (χ4n) is 3.58. The van der Waals surface area contributed by atoms with Crippen LogP contribution < -0.4 is 10.6 Å². The topological polar surface area (TPSA) is 52.6 Å². The number of hydrogen-bond acceptors (Lipinski definition) is 4. The van der Waals surface area contributed by atoms with Gasteiger partial charge in [-0.3, -0.25) is 14.9 Å². The summed E-state index contributed by atoms with van der Waals surface area (Å²) in [6.45, 7) is 9.29. The van der Waals surface area contributed by atoms with E-state index in [9.17, 15) is 0 Å². The summed E-state index contributed by atoms with van der Waals surface area (Å²) in [5, 5.41) is 9.02. The molecule has 0 amide bonds. The van der Waals surface area contributed by atoms with E-state index in [1.54, 1.807) is 0 Å². The van der Waals surface area contributed by atoms with Crippen LogP contribution in [0.1, 0.15) is 43.3 Å². The third-order valence-electron chi connectivity index (χ3n) is 5.30. The number of guanidine groups is 1. The average Bonchev–Trinajstić information content (AvgIpc) is 3.25. The van der Waals surface area contributed by atoms with E-state index in [0.717, 1.165) is 43.6 Å². The minimum absolute atomic E-state index is 0.374. The highest BCUT2D eigenvalue weighted by atomic mass is 32.1. The number of aliphatic imine (C=N–C) groups is 1. The number of nitrogens with one attached hydrogen (secondary N) is 2. The molecule has 5 nitrogen and oxygen atoms in total. The van der Waals surface area contributed by atoms with E-state index in [1.165, 1.54) is 30.8 Å². The van der Waals surface area contributed by atoms with Crippen LogP contribution in [0.5, 0.6) is 0 Å². The molecule has 3 heterocycles. The molecule has 28 heavy (non-hydrogen) atoms. The second kappa shape index (κ2) is 11.2. The van der Waals surface area contributed by atoms with E-state index in [4.69, 9.17) is 4.99 Å². The molecular formula is C22H33N5S. The third kappa shape index (κ3) is 6.31. The predicted molar refractivity (Wildman–Crippen MR) is 119 cm³/mol. The highest BCUT2D eigenvalue weighted by Gasteiger charge is 2.25. The number of aromatic nitrogens is 1. The quantitative estimate of drug-likeness (QED) is 0.525. The van der Waals surface area contributed by atoms with Gasteiger partial charge in [0.05, 0.1) is 12.6 Å². The first-order valence-electron chi connectivity index (χ1n) is 10.5. The van der Waals surface area contributed by atoms with Gasteiger partial charge in [0.25, 0.3) is 0 Å². The lowest BCUT2D eigenvalue weighted by atomic mass is 9.97. The Morgan fingerprint density at radius 2 is 2.11 bits per heavy atom. The van der Waals surface area contributed by atoms with Crippen molar-refractivity contribution in [3.8, 4) is 0 Å². The molecule has 1 atom stereocenters. The molecule has 6 heteroatoms. The minimum atomic E-state index is 0.374. The Bertz CT molecular complexity index is 693. The molecule has 0 aliphatic carbocycles. The van der Waals surface area contributed by atoms with Crippen molar-refractivity contribution in [2.75, 3.05) is 32.7 Å². The number of piperidine rings is 1. The van der Waals surface area contributed by atoms with E-state index in [0.29, 0.717) is 6.04 Å². The Kier molecular flexibility index (Phi) is 8.30. The zero-order valence-corrected chi connectivity index (χ0v) is 17.9. The van der Waals surface area contributed by atoms with Crippen LogP contribution in [0.15, 0.2) is 46.9 Å². The normalized spacial score (nSPS) is 17.4. The minimum Gasteiger partial charge on any atom is -0.357 e. The van der Waals surface area contributed by atoms with Gasteiger partial charge in [0.15, 0.2) is 5.96 Å². The third-order valence-corrected chi connectivity index (χ3v) is 6.27. The molecule has 0 aromatic carbocycles. The number of nitrogens with zero attached hydrogens (tertiary/aromatic N) is 3. The van der Waals surface area contributed by atoms with Crippen LogP contribution in [-0.2, 0) is 6.42 Å². The van der Waals surface area contributed by atoms with Crippen LogP contribution in [0.4, 0.5) is 0 Å². The SMILES string of the molecule is CCNC(=NCC(c1cccs1)N1CCC(C)CC1)NCCc1ccccn1. The molecule has 0 radical (unpaired) electrons. The molecule has 0 spiro atoms. The van der Waals surface area contributed by atoms with E-state index < -0.39 is 0 Å². The predicted octanol–water partition coefficient (Wildman–Crippen LogP) is 3.71. The average molecular weight is 400 g/mol. The zero-order valence-electron chi connectivity index (χ0n) is 17.1. The molecule has 1 aliphatic rings. The molecule has 0 saturated carbocycles. The maximum Gasteiger partial charge on any atom is 0.191 e. The summed E-state index contributed by atoms with van der Waals surface area (Å²) in [6, 6.07) is 10.8. The van der Waals surface area contributed by atoms with Crippen LogP contribution in [0.2, 0.25) is 0 Å². The maximum atomic E-state index is 4.93. The van der Waals surface area contributed by atoms with Crippen LogP contribution >= 0.6 is 11.3 Å². The number of likely N-dealkylation sites (tertiary alicyclic amines) is 1. The summed E-state index contributed by atoms with van der Waals surface area (Å²) in [7, 11) is 0. The molecule has 0 bridgehead atoms. The van der Waals surface area contributed by atoms with Crippen molar-refractivity contribution in [3.63, 3.8) is 0 Å². The van der Waals surface area contributed by atoms with Crippen molar-refractivity contribution in [1.82, 2.24) is 20.5 Å². The van der Waals surface area contributed by atoms with Crippen LogP contribution in [-0.4, -0.2) is 48.6 Å². The van der Waals surface area contributed by atoms with Crippen molar-refractivity contribution in [2.24, 2.45) is 10.9 Å². The number of thiophene rings is 1. The summed E-state index contributed by atoms with van der Waals surface area (Å²) in [5.74, 6) is 1.74. The lowest BCUT2D eigenvalue weighted by molar-refractivity contribution is 0.143. The Balaban J connectivity index is 1.60. The first kappa shape index (κ1) is 20.8. The van der Waals surface area contributed by atoms with Crippen molar-refractivity contribution >= 4 is 17.3 Å².